The lowest BCUT2D eigenvalue weighted by Gasteiger charge is -2.28. The first-order valence-electron chi connectivity index (χ1n) is 4.25. The van der Waals surface area contributed by atoms with Crippen LogP contribution in [0.1, 0.15) is 6.92 Å². The fraction of sp³-hybridized carbons (Fsp3) is 0.778. The summed E-state index contributed by atoms with van der Waals surface area (Å²) in [5, 5.41) is 0. The van der Waals surface area contributed by atoms with E-state index in [0.717, 1.165) is 32.8 Å². The molecule has 0 radical (unpaired) electrons. The second kappa shape index (κ2) is 4.52. The average Bonchev–Trinajstić information content (AvgIpc) is 2.06. The van der Waals surface area contributed by atoms with E-state index in [0.29, 0.717) is 5.92 Å². The van der Waals surface area contributed by atoms with Gasteiger partial charge in [0, 0.05) is 19.6 Å². The van der Waals surface area contributed by atoms with Crippen molar-refractivity contribution in [3.63, 3.8) is 0 Å². The molecule has 1 fully saturated rings. The molecule has 0 aromatic carbocycles. The SMILES string of the molecule is C=CC(C)CN1CCOCC1. The molecule has 0 aliphatic carbocycles. The molecule has 1 saturated heterocycles. The highest BCUT2D eigenvalue weighted by Crippen LogP contribution is 2.03. The number of hydrogen-bond donors (Lipinski definition) is 0. The molecule has 2 heteroatoms. The summed E-state index contributed by atoms with van der Waals surface area (Å²) < 4.78 is 5.25. The normalized spacial score (nSPS) is 23.0. The lowest BCUT2D eigenvalue weighted by atomic mass is 10.1. The zero-order chi connectivity index (χ0) is 8.10. The van der Waals surface area contributed by atoms with E-state index in [2.05, 4.69) is 18.4 Å². The Kier molecular flexibility index (Phi) is 3.60. The summed E-state index contributed by atoms with van der Waals surface area (Å²) in [4.78, 5) is 2.43. The van der Waals surface area contributed by atoms with Crippen molar-refractivity contribution in [2.75, 3.05) is 32.8 Å². The van der Waals surface area contributed by atoms with E-state index in [1.807, 2.05) is 6.08 Å². The van der Waals surface area contributed by atoms with E-state index < -0.39 is 0 Å². The van der Waals surface area contributed by atoms with Gasteiger partial charge in [-0.3, -0.25) is 4.90 Å². The number of morpholine rings is 1. The minimum absolute atomic E-state index is 0.605. The molecule has 0 aromatic heterocycles. The molecule has 64 valence electrons. The molecule has 0 saturated carbocycles. The monoisotopic (exact) mass is 155 g/mol. The second-order valence-corrected chi connectivity index (χ2v) is 3.13. The minimum atomic E-state index is 0.605. The number of hydrogen-bond acceptors (Lipinski definition) is 2. The Bertz CT molecular complexity index is 119. The van der Waals surface area contributed by atoms with Gasteiger partial charge in [-0.2, -0.15) is 0 Å². The molecular formula is C9H17NO. The van der Waals surface area contributed by atoms with Gasteiger partial charge in [0.25, 0.3) is 0 Å². The first kappa shape index (κ1) is 8.75. The molecule has 1 aliphatic heterocycles. The minimum Gasteiger partial charge on any atom is -0.379 e. The molecule has 11 heavy (non-hydrogen) atoms. The third-order valence-electron chi connectivity index (χ3n) is 2.05. The van der Waals surface area contributed by atoms with Crippen molar-refractivity contribution in [3.05, 3.63) is 12.7 Å². The highest BCUT2D eigenvalue weighted by Gasteiger charge is 2.11. The van der Waals surface area contributed by atoms with Gasteiger partial charge >= 0.3 is 0 Å². The summed E-state index contributed by atoms with van der Waals surface area (Å²) in [6, 6.07) is 0. The van der Waals surface area contributed by atoms with Crippen molar-refractivity contribution in [1.82, 2.24) is 4.90 Å². The Labute approximate surface area is 68.8 Å². The first-order chi connectivity index (χ1) is 5.33. The molecule has 2 nitrogen and oxygen atoms in total. The van der Waals surface area contributed by atoms with E-state index >= 15 is 0 Å². The third-order valence-corrected chi connectivity index (χ3v) is 2.05. The largest absolute Gasteiger partial charge is 0.379 e. The topological polar surface area (TPSA) is 12.5 Å². The highest BCUT2D eigenvalue weighted by atomic mass is 16.5. The maximum Gasteiger partial charge on any atom is 0.0594 e. The summed E-state index contributed by atoms with van der Waals surface area (Å²) in [6.45, 7) is 11.0. The number of rotatable bonds is 3. The molecule has 0 N–H and O–H groups in total. The number of ether oxygens (including phenoxy) is 1. The summed E-state index contributed by atoms with van der Waals surface area (Å²) in [7, 11) is 0. The summed E-state index contributed by atoms with van der Waals surface area (Å²) in [5.41, 5.74) is 0. The van der Waals surface area contributed by atoms with Gasteiger partial charge < -0.3 is 4.74 Å². The van der Waals surface area contributed by atoms with Crippen LogP contribution in [-0.2, 0) is 4.74 Å². The quantitative estimate of drug-likeness (QED) is 0.567. The van der Waals surface area contributed by atoms with Crippen molar-refractivity contribution in [1.29, 1.82) is 0 Å². The molecule has 0 spiro atoms. The van der Waals surface area contributed by atoms with E-state index in [-0.39, 0.29) is 0 Å². The van der Waals surface area contributed by atoms with Gasteiger partial charge in [-0.15, -0.1) is 6.58 Å². The molecule has 1 atom stereocenters. The van der Waals surface area contributed by atoms with Crippen LogP contribution in [-0.4, -0.2) is 37.7 Å². The van der Waals surface area contributed by atoms with Gasteiger partial charge in [-0.05, 0) is 5.92 Å². The van der Waals surface area contributed by atoms with E-state index in [1.54, 1.807) is 0 Å². The van der Waals surface area contributed by atoms with Gasteiger partial charge in [0.15, 0.2) is 0 Å². The molecule has 1 rings (SSSR count). The van der Waals surface area contributed by atoms with Crippen LogP contribution in [0.15, 0.2) is 12.7 Å². The van der Waals surface area contributed by atoms with Crippen molar-refractivity contribution in [2.24, 2.45) is 5.92 Å². The van der Waals surface area contributed by atoms with Crippen molar-refractivity contribution in [3.8, 4) is 0 Å². The lowest BCUT2D eigenvalue weighted by Crippen LogP contribution is -2.38. The smallest absolute Gasteiger partial charge is 0.0594 e. The lowest BCUT2D eigenvalue weighted by molar-refractivity contribution is 0.0343. The second-order valence-electron chi connectivity index (χ2n) is 3.13. The van der Waals surface area contributed by atoms with Crippen LogP contribution in [0, 0.1) is 5.92 Å². The predicted molar refractivity (Wildman–Crippen MR) is 46.6 cm³/mol. The Morgan fingerprint density at radius 3 is 2.73 bits per heavy atom. The third kappa shape index (κ3) is 3.04. The number of nitrogens with zero attached hydrogens (tertiary/aromatic N) is 1. The Balaban J connectivity index is 2.18. The molecule has 1 heterocycles. The van der Waals surface area contributed by atoms with E-state index in [1.165, 1.54) is 0 Å². The average molecular weight is 155 g/mol. The Hall–Kier alpha value is -0.340. The Morgan fingerprint density at radius 2 is 2.18 bits per heavy atom. The molecular weight excluding hydrogens is 138 g/mol. The van der Waals surface area contributed by atoms with Gasteiger partial charge in [0.1, 0.15) is 0 Å². The van der Waals surface area contributed by atoms with Crippen molar-refractivity contribution in [2.45, 2.75) is 6.92 Å². The highest BCUT2D eigenvalue weighted by molar-refractivity contribution is 4.78. The van der Waals surface area contributed by atoms with E-state index in [9.17, 15) is 0 Å². The van der Waals surface area contributed by atoms with Crippen LogP contribution >= 0.6 is 0 Å². The molecule has 0 aromatic rings. The van der Waals surface area contributed by atoms with Gasteiger partial charge in [0.05, 0.1) is 13.2 Å². The van der Waals surface area contributed by atoms with Crippen LogP contribution in [0.3, 0.4) is 0 Å². The predicted octanol–water partition coefficient (Wildman–Crippen LogP) is 1.14. The summed E-state index contributed by atoms with van der Waals surface area (Å²) in [6.07, 6.45) is 2.01. The van der Waals surface area contributed by atoms with Gasteiger partial charge in [-0.25, -0.2) is 0 Å². The molecule has 0 amide bonds. The fourth-order valence-corrected chi connectivity index (χ4v) is 1.27. The van der Waals surface area contributed by atoms with Crippen molar-refractivity contribution < 1.29 is 4.74 Å². The van der Waals surface area contributed by atoms with Crippen LogP contribution in [0.5, 0.6) is 0 Å². The summed E-state index contributed by atoms with van der Waals surface area (Å²) in [5.74, 6) is 0.605. The maximum absolute atomic E-state index is 5.25. The van der Waals surface area contributed by atoms with Crippen LogP contribution in [0.4, 0.5) is 0 Å². The molecule has 1 unspecified atom stereocenters. The van der Waals surface area contributed by atoms with Crippen LogP contribution in [0.25, 0.3) is 0 Å². The van der Waals surface area contributed by atoms with Gasteiger partial charge in [-0.1, -0.05) is 13.0 Å². The van der Waals surface area contributed by atoms with Crippen LogP contribution < -0.4 is 0 Å². The van der Waals surface area contributed by atoms with Crippen LogP contribution in [0.2, 0.25) is 0 Å². The zero-order valence-corrected chi connectivity index (χ0v) is 7.25. The summed E-state index contributed by atoms with van der Waals surface area (Å²) >= 11 is 0. The van der Waals surface area contributed by atoms with Gasteiger partial charge in [0.2, 0.25) is 0 Å². The standard InChI is InChI=1S/C9H17NO/c1-3-9(2)8-10-4-6-11-7-5-10/h3,9H,1,4-8H2,2H3. The molecule has 1 aliphatic rings. The zero-order valence-electron chi connectivity index (χ0n) is 7.25. The van der Waals surface area contributed by atoms with E-state index in [4.69, 9.17) is 4.74 Å². The van der Waals surface area contributed by atoms with Crippen molar-refractivity contribution >= 4 is 0 Å². The fourth-order valence-electron chi connectivity index (χ4n) is 1.27. The maximum atomic E-state index is 5.25. The molecule has 0 bridgehead atoms. The Morgan fingerprint density at radius 1 is 1.55 bits per heavy atom. The first-order valence-corrected chi connectivity index (χ1v) is 4.25.